The van der Waals surface area contributed by atoms with Crippen molar-refractivity contribution in [3.63, 3.8) is 0 Å². The number of pyridine rings is 2. The van der Waals surface area contributed by atoms with Crippen LogP contribution in [0.3, 0.4) is 0 Å². The van der Waals surface area contributed by atoms with E-state index in [1.165, 1.54) is 48.7 Å². The van der Waals surface area contributed by atoms with E-state index in [1.807, 2.05) is 0 Å². The Balaban J connectivity index is 1.74. The van der Waals surface area contributed by atoms with Crippen molar-refractivity contribution in [2.75, 3.05) is 5.32 Å². The lowest BCUT2D eigenvalue weighted by Gasteiger charge is -2.16. The summed E-state index contributed by atoms with van der Waals surface area (Å²) in [4.78, 5) is 22.0. The summed E-state index contributed by atoms with van der Waals surface area (Å²) in [7, 11) is 0. The smallest absolute Gasteiger partial charge is 0.258 e. The molecular weight excluding hydrogens is 429 g/mol. The SMILES string of the molecule is O=C(Nc1ccc(F)cc1)c1c(-c2cccc(F)c2F)ccnc1-c1cccn2cncc12. The number of fused-ring (bicyclic) bond motifs is 1. The summed E-state index contributed by atoms with van der Waals surface area (Å²) in [5.41, 5.74) is 1.99. The predicted octanol–water partition coefficient (Wildman–Crippen LogP) is 5.73. The zero-order valence-electron chi connectivity index (χ0n) is 17.0. The van der Waals surface area contributed by atoms with Gasteiger partial charge in [0, 0.05) is 34.8 Å². The Kier molecular flexibility index (Phi) is 5.10. The zero-order chi connectivity index (χ0) is 22.9. The number of rotatable bonds is 4. The fourth-order valence-corrected chi connectivity index (χ4v) is 3.71. The summed E-state index contributed by atoms with van der Waals surface area (Å²) in [6.45, 7) is 0. The molecule has 0 aliphatic carbocycles. The Morgan fingerprint density at radius 2 is 1.67 bits per heavy atom. The first kappa shape index (κ1) is 20.4. The van der Waals surface area contributed by atoms with Crippen LogP contribution in [0, 0.1) is 17.5 Å². The first-order chi connectivity index (χ1) is 16.0. The highest BCUT2D eigenvalue weighted by atomic mass is 19.2. The average Bonchev–Trinajstić information content (AvgIpc) is 3.31. The molecule has 0 saturated heterocycles. The highest BCUT2D eigenvalue weighted by molar-refractivity contribution is 6.13. The van der Waals surface area contributed by atoms with Crippen molar-refractivity contribution in [2.24, 2.45) is 0 Å². The molecule has 0 spiro atoms. The Bertz CT molecular complexity index is 1500. The van der Waals surface area contributed by atoms with Gasteiger partial charge in [0.1, 0.15) is 5.82 Å². The maximum absolute atomic E-state index is 14.8. The molecule has 8 heteroatoms. The largest absolute Gasteiger partial charge is 0.322 e. The number of anilines is 1. The second kappa shape index (κ2) is 8.23. The third-order valence-corrected chi connectivity index (χ3v) is 5.23. The van der Waals surface area contributed by atoms with Gasteiger partial charge in [0.2, 0.25) is 0 Å². The van der Waals surface area contributed by atoms with Gasteiger partial charge in [-0.25, -0.2) is 18.2 Å². The van der Waals surface area contributed by atoms with Gasteiger partial charge >= 0.3 is 0 Å². The Labute approximate surface area is 186 Å². The van der Waals surface area contributed by atoms with Crippen molar-refractivity contribution in [3.8, 4) is 22.4 Å². The molecule has 0 fully saturated rings. The molecule has 5 nitrogen and oxygen atoms in total. The lowest BCUT2D eigenvalue weighted by Crippen LogP contribution is -2.16. The number of hydrogen-bond donors (Lipinski definition) is 1. The summed E-state index contributed by atoms with van der Waals surface area (Å²) >= 11 is 0. The van der Waals surface area contributed by atoms with E-state index in [9.17, 15) is 18.0 Å². The number of hydrogen-bond acceptors (Lipinski definition) is 3. The first-order valence-corrected chi connectivity index (χ1v) is 9.94. The van der Waals surface area contributed by atoms with Gasteiger partial charge in [0.25, 0.3) is 5.91 Å². The van der Waals surface area contributed by atoms with Crippen LogP contribution in [-0.4, -0.2) is 20.3 Å². The molecular formula is C25H15F3N4O. The second-order valence-corrected chi connectivity index (χ2v) is 7.25. The summed E-state index contributed by atoms with van der Waals surface area (Å²) in [5.74, 6) is -3.17. The van der Waals surface area contributed by atoms with Crippen molar-refractivity contribution < 1.29 is 18.0 Å². The van der Waals surface area contributed by atoms with Crippen LogP contribution in [0.25, 0.3) is 27.9 Å². The molecule has 0 atom stereocenters. The van der Waals surface area contributed by atoms with Gasteiger partial charge in [-0.1, -0.05) is 12.1 Å². The molecule has 2 aromatic carbocycles. The summed E-state index contributed by atoms with van der Waals surface area (Å²) in [5, 5.41) is 2.70. The van der Waals surface area contributed by atoms with Gasteiger partial charge in [-0.3, -0.25) is 9.78 Å². The van der Waals surface area contributed by atoms with Crippen LogP contribution in [0.5, 0.6) is 0 Å². The Hall–Kier alpha value is -4.46. The molecule has 0 radical (unpaired) electrons. The summed E-state index contributed by atoms with van der Waals surface area (Å²) < 4.78 is 43.9. The van der Waals surface area contributed by atoms with E-state index in [1.54, 1.807) is 35.3 Å². The molecule has 5 rings (SSSR count). The molecule has 1 amide bonds. The molecule has 0 unspecified atom stereocenters. The minimum Gasteiger partial charge on any atom is -0.322 e. The number of imidazole rings is 1. The number of nitrogens with one attached hydrogen (secondary N) is 1. The van der Waals surface area contributed by atoms with Crippen LogP contribution in [-0.2, 0) is 0 Å². The van der Waals surface area contributed by atoms with E-state index >= 15 is 0 Å². The predicted molar refractivity (Wildman–Crippen MR) is 118 cm³/mol. The number of amides is 1. The minimum atomic E-state index is -1.08. The highest BCUT2D eigenvalue weighted by Gasteiger charge is 2.24. The monoisotopic (exact) mass is 444 g/mol. The van der Waals surface area contributed by atoms with E-state index < -0.39 is 23.4 Å². The maximum atomic E-state index is 14.8. The average molecular weight is 444 g/mol. The molecule has 33 heavy (non-hydrogen) atoms. The van der Waals surface area contributed by atoms with Crippen LogP contribution in [0.2, 0.25) is 0 Å². The van der Waals surface area contributed by atoms with Crippen molar-refractivity contribution in [1.82, 2.24) is 14.4 Å². The number of nitrogens with zero attached hydrogens (tertiary/aromatic N) is 3. The normalized spacial score (nSPS) is 11.0. The van der Waals surface area contributed by atoms with Crippen LogP contribution in [0.4, 0.5) is 18.9 Å². The Morgan fingerprint density at radius 3 is 2.48 bits per heavy atom. The van der Waals surface area contributed by atoms with E-state index in [-0.39, 0.29) is 22.4 Å². The van der Waals surface area contributed by atoms with Crippen molar-refractivity contribution in [2.45, 2.75) is 0 Å². The van der Waals surface area contributed by atoms with E-state index in [2.05, 4.69) is 15.3 Å². The zero-order valence-corrected chi connectivity index (χ0v) is 17.0. The lowest BCUT2D eigenvalue weighted by atomic mass is 9.94. The fraction of sp³-hybridized carbons (Fsp3) is 0. The third-order valence-electron chi connectivity index (χ3n) is 5.23. The number of carbonyl (C=O) groups excluding carboxylic acids is 1. The third kappa shape index (κ3) is 3.71. The molecule has 1 N–H and O–H groups in total. The van der Waals surface area contributed by atoms with Crippen LogP contribution in [0.15, 0.2) is 85.6 Å². The maximum Gasteiger partial charge on any atom is 0.258 e. The van der Waals surface area contributed by atoms with Gasteiger partial charge < -0.3 is 9.72 Å². The summed E-state index contributed by atoms with van der Waals surface area (Å²) in [6, 6.07) is 14.0. The van der Waals surface area contributed by atoms with Gasteiger partial charge in [0.05, 0.1) is 29.3 Å². The van der Waals surface area contributed by atoms with Gasteiger partial charge in [-0.2, -0.15) is 0 Å². The Morgan fingerprint density at radius 1 is 0.879 bits per heavy atom. The standard InChI is InChI=1S/C25H15F3N4O/c26-15-6-8-16(9-7-15)31-25(33)22-17(18-3-1-5-20(27)23(18)28)10-11-30-24(22)19-4-2-12-32-14-29-13-21(19)32/h1-14H,(H,31,33). The van der Waals surface area contributed by atoms with Crippen LogP contribution < -0.4 is 5.32 Å². The van der Waals surface area contributed by atoms with E-state index in [0.717, 1.165) is 6.07 Å². The van der Waals surface area contributed by atoms with Gasteiger partial charge in [-0.15, -0.1) is 0 Å². The first-order valence-electron chi connectivity index (χ1n) is 9.94. The van der Waals surface area contributed by atoms with Gasteiger partial charge in [-0.05, 0) is 48.5 Å². The lowest BCUT2D eigenvalue weighted by molar-refractivity contribution is 0.102. The number of aromatic nitrogens is 3. The van der Waals surface area contributed by atoms with Crippen molar-refractivity contribution in [3.05, 3.63) is 109 Å². The molecule has 5 aromatic rings. The highest BCUT2D eigenvalue weighted by Crippen LogP contribution is 2.35. The molecule has 0 aliphatic rings. The van der Waals surface area contributed by atoms with E-state index in [0.29, 0.717) is 16.8 Å². The number of carbonyl (C=O) groups is 1. The summed E-state index contributed by atoms with van der Waals surface area (Å²) in [6.07, 6.45) is 6.45. The van der Waals surface area contributed by atoms with Crippen LogP contribution in [0.1, 0.15) is 10.4 Å². The topological polar surface area (TPSA) is 59.3 Å². The number of benzene rings is 2. The van der Waals surface area contributed by atoms with Crippen LogP contribution >= 0.6 is 0 Å². The number of halogens is 3. The van der Waals surface area contributed by atoms with Crippen molar-refractivity contribution >= 4 is 17.1 Å². The second-order valence-electron chi connectivity index (χ2n) is 7.25. The minimum absolute atomic E-state index is 0.0422. The molecule has 0 bridgehead atoms. The van der Waals surface area contributed by atoms with E-state index in [4.69, 9.17) is 0 Å². The molecule has 0 saturated carbocycles. The van der Waals surface area contributed by atoms with Gasteiger partial charge in [0.15, 0.2) is 11.6 Å². The molecule has 3 heterocycles. The molecule has 3 aromatic heterocycles. The quantitative estimate of drug-likeness (QED) is 0.385. The molecule has 162 valence electrons. The fourth-order valence-electron chi connectivity index (χ4n) is 3.71. The molecule has 0 aliphatic heterocycles. The van der Waals surface area contributed by atoms with Crippen molar-refractivity contribution in [1.29, 1.82) is 0 Å².